The Hall–Kier alpha value is -3.65. The Morgan fingerprint density at radius 1 is 1.26 bits per heavy atom. The molecule has 0 radical (unpaired) electrons. The summed E-state index contributed by atoms with van der Waals surface area (Å²) in [5.74, 6) is -3.84. The molecule has 3 aromatic rings. The second-order valence-corrected chi connectivity index (χ2v) is 9.88. The number of Topliss-reactive ketones (excluding diaryl/α,β-unsaturated/α-hetero) is 1. The molecule has 1 aliphatic heterocycles. The lowest BCUT2D eigenvalue weighted by molar-refractivity contribution is -0.149. The minimum atomic E-state index is -4.55. The maximum atomic E-state index is 13.9. The molecule has 4 heterocycles. The zero-order chi connectivity index (χ0) is 27.2. The van der Waals surface area contributed by atoms with Gasteiger partial charge >= 0.3 is 12.2 Å². The molecule has 0 aromatic carbocycles. The summed E-state index contributed by atoms with van der Waals surface area (Å²) in [6.45, 7) is 0.940. The number of hydrogen-bond acceptors (Lipinski definition) is 7. The van der Waals surface area contributed by atoms with Crippen molar-refractivity contribution in [1.29, 1.82) is 0 Å². The number of alkyl halides is 5. The molecule has 1 saturated carbocycles. The fourth-order valence-corrected chi connectivity index (χ4v) is 5.09. The number of imidazole rings is 1. The monoisotopic (exact) mass is 541 g/mol. The topological polar surface area (TPSA) is 119 Å². The molecule has 1 N–H and O–H groups in total. The van der Waals surface area contributed by atoms with Crippen molar-refractivity contribution >= 4 is 17.5 Å². The van der Waals surface area contributed by atoms with Crippen molar-refractivity contribution in [2.45, 2.75) is 69.6 Å². The minimum absolute atomic E-state index is 0.0468. The Labute approximate surface area is 212 Å². The average Bonchev–Trinajstić information content (AvgIpc) is 3.56. The SMILES string of the molecule is Cc1nonc1C(=O)C[C@H](c1cn2ncc(CN3C[C@@H](C(F)(F)F)NC3=O)cc2n1)C1CCC(F)(F)CC1. The zero-order valence-corrected chi connectivity index (χ0v) is 20.2. The number of hydrogen-bond donors (Lipinski definition) is 1. The largest absolute Gasteiger partial charge is 0.410 e. The quantitative estimate of drug-likeness (QED) is 0.354. The van der Waals surface area contributed by atoms with E-state index in [0.717, 1.165) is 4.90 Å². The van der Waals surface area contributed by atoms with Crippen LogP contribution in [-0.2, 0) is 6.54 Å². The fraction of sp³-hybridized carbons (Fsp3) is 0.565. The van der Waals surface area contributed by atoms with Crippen LogP contribution in [0.25, 0.3) is 5.65 Å². The van der Waals surface area contributed by atoms with Gasteiger partial charge in [0.15, 0.2) is 17.1 Å². The van der Waals surface area contributed by atoms with Crippen LogP contribution in [0.5, 0.6) is 0 Å². The van der Waals surface area contributed by atoms with Gasteiger partial charge in [-0.25, -0.2) is 27.7 Å². The van der Waals surface area contributed by atoms with Crippen molar-refractivity contribution in [3.05, 3.63) is 41.1 Å². The number of ketones is 1. The van der Waals surface area contributed by atoms with Crippen molar-refractivity contribution < 1.29 is 36.2 Å². The highest BCUT2D eigenvalue weighted by Crippen LogP contribution is 2.43. The molecule has 2 atom stereocenters. The van der Waals surface area contributed by atoms with Crippen molar-refractivity contribution in [2.24, 2.45) is 5.92 Å². The normalized spacial score (nSPS) is 21.2. The van der Waals surface area contributed by atoms with Crippen LogP contribution in [0.2, 0.25) is 0 Å². The van der Waals surface area contributed by atoms with E-state index in [1.54, 1.807) is 19.2 Å². The van der Waals surface area contributed by atoms with Gasteiger partial charge < -0.3 is 10.2 Å². The smallest absolute Gasteiger partial charge is 0.324 e. The first kappa shape index (κ1) is 26.0. The second kappa shape index (κ2) is 9.58. The van der Waals surface area contributed by atoms with Gasteiger partial charge in [-0.2, -0.15) is 18.3 Å². The summed E-state index contributed by atoms with van der Waals surface area (Å²) in [6, 6.07) is -1.19. The van der Waals surface area contributed by atoms with E-state index >= 15 is 0 Å². The Kier molecular flexibility index (Phi) is 6.55. The van der Waals surface area contributed by atoms with Crippen LogP contribution in [0.4, 0.5) is 26.7 Å². The molecule has 204 valence electrons. The van der Waals surface area contributed by atoms with E-state index < -0.39 is 36.6 Å². The van der Waals surface area contributed by atoms with Crippen LogP contribution in [0, 0.1) is 12.8 Å². The van der Waals surface area contributed by atoms with Gasteiger partial charge in [-0.05, 0) is 42.5 Å². The van der Waals surface area contributed by atoms with E-state index in [2.05, 4.69) is 25.0 Å². The number of aryl methyl sites for hydroxylation is 1. The highest BCUT2D eigenvalue weighted by atomic mass is 19.4. The lowest BCUT2D eigenvalue weighted by Crippen LogP contribution is -2.40. The number of aromatic nitrogens is 5. The summed E-state index contributed by atoms with van der Waals surface area (Å²) in [6.07, 6.45) is -1.75. The van der Waals surface area contributed by atoms with Crippen LogP contribution < -0.4 is 5.32 Å². The van der Waals surface area contributed by atoms with E-state index in [4.69, 9.17) is 0 Å². The average molecular weight is 541 g/mol. The van der Waals surface area contributed by atoms with Gasteiger partial charge in [0.1, 0.15) is 11.7 Å². The van der Waals surface area contributed by atoms with Crippen LogP contribution in [0.3, 0.4) is 0 Å². The van der Waals surface area contributed by atoms with Gasteiger partial charge in [0.2, 0.25) is 5.92 Å². The second-order valence-electron chi connectivity index (χ2n) is 9.88. The summed E-state index contributed by atoms with van der Waals surface area (Å²) in [5, 5.41) is 13.5. The first-order chi connectivity index (χ1) is 17.9. The minimum Gasteiger partial charge on any atom is -0.324 e. The Morgan fingerprint density at radius 3 is 2.63 bits per heavy atom. The Balaban J connectivity index is 1.38. The number of halogens is 5. The highest BCUT2D eigenvalue weighted by molar-refractivity contribution is 5.95. The zero-order valence-electron chi connectivity index (χ0n) is 20.2. The molecule has 15 heteroatoms. The van der Waals surface area contributed by atoms with E-state index in [-0.39, 0.29) is 56.0 Å². The highest BCUT2D eigenvalue weighted by Gasteiger charge is 2.47. The number of rotatable bonds is 7. The lowest BCUT2D eigenvalue weighted by Gasteiger charge is -2.32. The number of carbonyl (C=O) groups excluding carboxylic acids is 2. The lowest BCUT2D eigenvalue weighted by atomic mass is 9.75. The molecular weight excluding hydrogens is 517 g/mol. The van der Waals surface area contributed by atoms with E-state index in [1.165, 1.54) is 10.7 Å². The summed E-state index contributed by atoms with van der Waals surface area (Å²) < 4.78 is 72.7. The van der Waals surface area contributed by atoms with Gasteiger partial charge in [0.25, 0.3) is 0 Å². The number of nitrogens with zero attached hydrogens (tertiary/aromatic N) is 6. The molecule has 2 amide bonds. The number of nitrogens with one attached hydrogen (secondary N) is 1. The van der Waals surface area contributed by atoms with Crippen LogP contribution in [-0.4, -0.2) is 66.3 Å². The number of carbonyl (C=O) groups is 2. The van der Waals surface area contributed by atoms with E-state index in [0.29, 0.717) is 22.6 Å². The summed E-state index contributed by atoms with van der Waals surface area (Å²) in [5.41, 5.74) is 1.68. The molecule has 10 nitrogen and oxygen atoms in total. The molecular formula is C23H24F5N7O3. The van der Waals surface area contributed by atoms with Gasteiger partial charge in [-0.3, -0.25) is 4.79 Å². The Bertz CT molecular complexity index is 1340. The predicted octanol–water partition coefficient (Wildman–Crippen LogP) is 4.06. The summed E-state index contributed by atoms with van der Waals surface area (Å²) >= 11 is 0. The molecule has 2 aliphatic rings. The van der Waals surface area contributed by atoms with Gasteiger partial charge in [0, 0.05) is 31.7 Å². The summed E-state index contributed by atoms with van der Waals surface area (Å²) in [7, 11) is 0. The predicted molar refractivity (Wildman–Crippen MR) is 119 cm³/mol. The molecule has 5 rings (SSSR count). The standard InChI is InChI=1S/C23H24F5N7O3/c1-12-20(33-38-32-12)17(36)7-15(14-2-4-22(24,25)5-3-14)16-10-35-19(30-16)6-13(8-29-35)9-34-11-18(23(26,27)28)31-21(34)37/h6,8,10,14-15,18H,2-5,7,9,11H2,1H3,(H,31,37)/t15-,18-/m0/s1. The number of fused-ring (bicyclic) bond motifs is 1. The maximum absolute atomic E-state index is 13.9. The van der Waals surface area contributed by atoms with Crippen LogP contribution >= 0.6 is 0 Å². The maximum Gasteiger partial charge on any atom is 0.410 e. The number of urea groups is 1. The van der Waals surface area contributed by atoms with Crippen molar-refractivity contribution in [2.75, 3.05) is 6.54 Å². The molecule has 1 saturated heterocycles. The van der Waals surface area contributed by atoms with Crippen molar-refractivity contribution in [3.63, 3.8) is 0 Å². The Morgan fingerprint density at radius 2 is 2.00 bits per heavy atom. The number of amides is 2. The van der Waals surface area contributed by atoms with Gasteiger partial charge in [-0.1, -0.05) is 5.16 Å². The van der Waals surface area contributed by atoms with Gasteiger partial charge in [0.05, 0.1) is 24.6 Å². The first-order valence-electron chi connectivity index (χ1n) is 12.1. The first-order valence-corrected chi connectivity index (χ1v) is 12.1. The molecule has 0 spiro atoms. The molecule has 0 unspecified atom stereocenters. The molecule has 1 aliphatic carbocycles. The van der Waals surface area contributed by atoms with Crippen molar-refractivity contribution in [3.8, 4) is 0 Å². The van der Waals surface area contributed by atoms with E-state index in [9.17, 15) is 31.5 Å². The van der Waals surface area contributed by atoms with Crippen LogP contribution in [0.15, 0.2) is 23.1 Å². The summed E-state index contributed by atoms with van der Waals surface area (Å²) in [4.78, 5) is 30.6. The third-order valence-corrected chi connectivity index (χ3v) is 7.18. The third kappa shape index (κ3) is 5.31. The third-order valence-electron chi connectivity index (χ3n) is 7.18. The molecule has 3 aromatic heterocycles. The molecule has 2 fully saturated rings. The van der Waals surface area contributed by atoms with Gasteiger partial charge in [-0.15, -0.1) is 0 Å². The fourth-order valence-electron chi connectivity index (χ4n) is 5.09. The van der Waals surface area contributed by atoms with Crippen LogP contribution in [0.1, 0.15) is 65.5 Å². The van der Waals surface area contributed by atoms with Crippen molar-refractivity contribution in [1.82, 2.24) is 35.1 Å². The molecule has 0 bridgehead atoms. The van der Waals surface area contributed by atoms with E-state index in [1.807, 2.05) is 5.32 Å². The molecule has 38 heavy (non-hydrogen) atoms.